The monoisotopic (exact) mass is 620 g/mol. The molecule has 4 amide bonds. The zero-order valence-corrected chi connectivity index (χ0v) is 25.7. The second kappa shape index (κ2) is 14.4. The third kappa shape index (κ3) is 7.52. The highest BCUT2D eigenvalue weighted by Gasteiger charge is 2.25. The number of fused-ring (bicyclic) bond motifs is 1. The molecule has 5 rings (SSSR count). The van der Waals surface area contributed by atoms with E-state index in [1.807, 2.05) is 30.3 Å². The van der Waals surface area contributed by atoms with E-state index in [2.05, 4.69) is 10.6 Å². The van der Waals surface area contributed by atoms with Crippen molar-refractivity contribution in [1.82, 2.24) is 5.32 Å². The fraction of sp³-hybridized carbons (Fsp3) is 0.222. The van der Waals surface area contributed by atoms with Crippen LogP contribution in [0.4, 0.5) is 21.9 Å². The van der Waals surface area contributed by atoms with Crippen LogP contribution in [0, 0.1) is 0 Å². The van der Waals surface area contributed by atoms with Gasteiger partial charge in [0.25, 0.3) is 5.91 Å². The normalized spacial score (nSPS) is 12.5. The summed E-state index contributed by atoms with van der Waals surface area (Å²) in [5.41, 5.74) is 4.96. The second-order valence-corrected chi connectivity index (χ2v) is 11.0. The molecule has 46 heavy (non-hydrogen) atoms. The molecule has 1 unspecified atom stereocenters. The SMILES string of the molecule is COc1cc(CC(=O)N(C)c2cccc(C(CCC(=O)O)NC(=O)c3ccccc3)c2)ccc1NC(=O)N1CCc2ccccc21. The van der Waals surface area contributed by atoms with Crippen LogP contribution >= 0.6 is 0 Å². The Bertz CT molecular complexity index is 1740. The van der Waals surface area contributed by atoms with Gasteiger partial charge in [0.05, 0.1) is 25.3 Å². The zero-order chi connectivity index (χ0) is 32.6. The Hall–Kier alpha value is -5.64. The Morgan fingerprint density at radius 3 is 2.46 bits per heavy atom. The lowest BCUT2D eigenvalue weighted by atomic mass is 10.00. The largest absolute Gasteiger partial charge is 0.495 e. The summed E-state index contributed by atoms with van der Waals surface area (Å²) in [6.07, 6.45) is 0.909. The molecular weight excluding hydrogens is 584 g/mol. The fourth-order valence-corrected chi connectivity index (χ4v) is 5.49. The van der Waals surface area contributed by atoms with Gasteiger partial charge in [-0.1, -0.05) is 54.6 Å². The van der Waals surface area contributed by atoms with Gasteiger partial charge in [-0.3, -0.25) is 19.3 Å². The quantitative estimate of drug-likeness (QED) is 0.194. The van der Waals surface area contributed by atoms with Crippen molar-refractivity contribution in [1.29, 1.82) is 0 Å². The Morgan fingerprint density at radius 1 is 0.935 bits per heavy atom. The average Bonchev–Trinajstić information content (AvgIpc) is 3.51. The van der Waals surface area contributed by atoms with E-state index in [1.54, 1.807) is 78.7 Å². The summed E-state index contributed by atoms with van der Waals surface area (Å²) in [6.45, 7) is 0.591. The van der Waals surface area contributed by atoms with Crippen LogP contribution in [-0.2, 0) is 22.4 Å². The van der Waals surface area contributed by atoms with Crippen LogP contribution in [0.5, 0.6) is 5.75 Å². The number of amides is 4. The molecule has 1 heterocycles. The molecule has 10 nitrogen and oxygen atoms in total. The molecule has 0 spiro atoms. The first-order valence-corrected chi connectivity index (χ1v) is 15.0. The molecule has 3 N–H and O–H groups in total. The highest BCUT2D eigenvalue weighted by molar-refractivity contribution is 6.04. The molecule has 4 aromatic carbocycles. The van der Waals surface area contributed by atoms with E-state index >= 15 is 0 Å². The first-order chi connectivity index (χ1) is 22.2. The zero-order valence-electron chi connectivity index (χ0n) is 25.7. The third-order valence-electron chi connectivity index (χ3n) is 8.02. The molecule has 0 radical (unpaired) electrons. The van der Waals surface area contributed by atoms with Crippen LogP contribution in [0.3, 0.4) is 0 Å². The number of carbonyl (C=O) groups excluding carboxylic acids is 3. The van der Waals surface area contributed by atoms with Crippen molar-refractivity contribution in [2.75, 3.05) is 35.8 Å². The predicted molar refractivity (Wildman–Crippen MR) is 177 cm³/mol. The van der Waals surface area contributed by atoms with E-state index in [0.29, 0.717) is 40.4 Å². The van der Waals surface area contributed by atoms with E-state index in [-0.39, 0.29) is 37.1 Å². The average molecular weight is 621 g/mol. The summed E-state index contributed by atoms with van der Waals surface area (Å²) < 4.78 is 5.56. The maximum Gasteiger partial charge on any atom is 0.326 e. The number of aliphatic carboxylic acids is 1. The second-order valence-electron chi connectivity index (χ2n) is 11.0. The Kier molecular flexibility index (Phi) is 9.97. The number of benzene rings is 4. The lowest BCUT2D eigenvalue weighted by Crippen LogP contribution is -2.33. The van der Waals surface area contributed by atoms with Gasteiger partial charge in [-0.2, -0.15) is 0 Å². The topological polar surface area (TPSA) is 128 Å². The third-order valence-corrected chi connectivity index (χ3v) is 8.02. The van der Waals surface area contributed by atoms with Crippen LogP contribution < -0.4 is 25.2 Å². The molecule has 10 heteroatoms. The number of rotatable bonds is 11. The van der Waals surface area contributed by atoms with Crippen molar-refractivity contribution in [2.45, 2.75) is 31.7 Å². The molecule has 4 aromatic rings. The summed E-state index contributed by atoms with van der Waals surface area (Å²) in [7, 11) is 3.17. The minimum absolute atomic E-state index is 0.0675. The summed E-state index contributed by atoms with van der Waals surface area (Å²) in [6, 6.07) is 28.1. The van der Waals surface area contributed by atoms with E-state index in [4.69, 9.17) is 4.74 Å². The van der Waals surface area contributed by atoms with Gasteiger partial charge in [0, 0.05) is 37.0 Å². The smallest absolute Gasteiger partial charge is 0.326 e. The van der Waals surface area contributed by atoms with Gasteiger partial charge in [-0.15, -0.1) is 0 Å². The van der Waals surface area contributed by atoms with Crippen molar-refractivity contribution in [3.63, 3.8) is 0 Å². The predicted octanol–water partition coefficient (Wildman–Crippen LogP) is 5.83. The van der Waals surface area contributed by atoms with Crippen molar-refractivity contribution < 1.29 is 29.0 Å². The number of hydrogen-bond donors (Lipinski definition) is 3. The van der Waals surface area contributed by atoms with Crippen LogP contribution in [0.2, 0.25) is 0 Å². The van der Waals surface area contributed by atoms with E-state index < -0.39 is 12.0 Å². The number of nitrogens with one attached hydrogen (secondary N) is 2. The van der Waals surface area contributed by atoms with Gasteiger partial charge in [-0.25, -0.2) is 4.79 Å². The number of hydrogen-bond acceptors (Lipinski definition) is 5. The Morgan fingerprint density at radius 2 is 1.70 bits per heavy atom. The summed E-state index contributed by atoms with van der Waals surface area (Å²) in [4.78, 5) is 53.9. The number of ether oxygens (including phenoxy) is 1. The van der Waals surface area contributed by atoms with Crippen LogP contribution in [-0.4, -0.2) is 49.6 Å². The molecule has 1 aliphatic heterocycles. The molecule has 1 aliphatic rings. The number of carbonyl (C=O) groups is 4. The van der Waals surface area contributed by atoms with Crippen molar-refractivity contribution in [3.8, 4) is 5.75 Å². The minimum Gasteiger partial charge on any atom is -0.495 e. The number of carboxylic acids is 1. The van der Waals surface area contributed by atoms with Crippen molar-refractivity contribution in [3.05, 3.63) is 119 Å². The van der Waals surface area contributed by atoms with Gasteiger partial charge in [0.15, 0.2) is 0 Å². The molecule has 1 atom stereocenters. The van der Waals surface area contributed by atoms with E-state index in [0.717, 1.165) is 17.7 Å². The van der Waals surface area contributed by atoms with Crippen molar-refractivity contribution >= 4 is 40.9 Å². The van der Waals surface area contributed by atoms with E-state index in [9.17, 15) is 24.3 Å². The number of urea groups is 1. The van der Waals surface area contributed by atoms with Crippen molar-refractivity contribution in [2.24, 2.45) is 0 Å². The Labute approximate surface area is 267 Å². The Balaban J connectivity index is 1.27. The van der Waals surface area contributed by atoms with Gasteiger partial charge in [0.1, 0.15) is 5.75 Å². The molecular formula is C36H36N4O6. The molecule has 0 saturated heterocycles. The number of likely N-dealkylation sites (N-methyl/N-ethyl adjacent to an activating group) is 1. The van der Waals surface area contributed by atoms with Gasteiger partial charge < -0.3 is 25.4 Å². The van der Waals surface area contributed by atoms with Crippen LogP contribution in [0.1, 0.15) is 45.9 Å². The minimum atomic E-state index is -0.968. The molecule has 236 valence electrons. The number of anilines is 3. The number of nitrogens with zero attached hydrogens (tertiary/aromatic N) is 2. The maximum absolute atomic E-state index is 13.4. The van der Waals surface area contributed by atoms with Crippen LogP contribution in [0.15, 0.2) is 97.1 Å². The van der Waals surface area contributed by atoms with E-state index in [1.165, 1.54) is 12.0 Å². The van der Waals surface area contributed by atoms with Crippen LogP contribution in [0.25, 0.3) is 0 Å². The lowest BCUT2D eigenvalue weighted by molar-refractivity contribution is -0.137. The highest BCUT2D eigenvalue weighted by atomic mass is 16.5. The first-order valence-electron chi connectivity index (χ1n) is 15.0. The molecule has 0 fully saturated rings. The number of carboxylic acid groups (broad SMARTS) is 1. The maximum atomic E-state index is 13.4. The number of methoxy groups -OCH3 is 1. The summed E-state index contributed by atoms with van der Waals surface area (Å²) in [5.74, 6) is -1.04. The lowest BCUT2D eigenvalue weighted by Gasteiger charge is -2.23. The first kappa shape index (κ1) is 31.8. The van der Waals surface area contributed by atoms with Gasteiger partial charge >= 0.3 is 12.0 Å². The molecule has 0 aliphatic carbocycles. The van der Waals surface area contributed by atoms with Gasteiger partial charge in [-0.05, 0) is 72.0 Å². The molecule has 0 saturated carbocycles. The number of para-hydroxylation sites is 1. The standard InChI is InChI=1S/C36H36N4O6/c1-39(28-13-8-12-27(23-28)29(17-18-34(42)43)37-35(44)26-10-4-3-5-11-26)33(41)22-24-15-16-30(32(21-24)46-2)38-36(45)40-20-19-25-9-6-7-14-31(25)40/h3-16,21,23,29H,17-20,22H2,1-2H3,(H,37,44)(H,38,45)(H,42,43). The molecule has 0 bridgehead atoms. The van der Waals surface area contributed by atoms with Gasteiger partial charge in [0.2, 0.25) is 5.91 Å². The molecule has 0 aromatic heterocycles. The highest BCUT2D eigenvalue weighted by Crippen LogP contribution is 2.31. The summed E-state index contributed by atoms with van der Waals surface area (Å²) >= 11 is 0. The summed E-state index contributed by atoms with van der Waals surface area (Å²) in [5, 5.41) is 15.2. The fourth-order valence-electron chi connectivity index (χ4n) is 5.49.